The molecule has 0 unspecified atom stereocenters. The standard InChI is InChI=1S/C61H40N2O/c1-4-18-43(19-5-1)62(44-20-6-2-7-21-44)46-34-36-58-52(40-46)51-38-41(32-35-57(51)63(58)45-22-8-3-9-23-45)42-33-37-60-56(39-42)61(55-30-16-17-31-59(55)64-60)53-28-14-12-26-49(53)47-24-10-11-25-48(47)50-27-13-15-29-54(50)61/h1-40H. The number of hydrogen-bond acceptors (Lipinski definition) is 2. The Labute approximate surface area is 372 Å². The first-order chi connectivity index (χ1) is 31.8. The van der Waals surface area contributed by atoms with Crippen molar-refractivity contribution in [1.29, 1.82) is 0 Å². The number of benzene rings is 10. The number of aromatic nitrogens is 1. The maximum absolute atomic E-state index is 6.92. The van der Waals surface area contributed by atoms with Crippen molar-refractivity contribution in [3.8, 4) is 50.6 Å². The van der Waals surface area contributed by atoms with Gasteiger partial charge in [0.1, 0.15) is 11.5 Å². The molecule has 1 aromatic heterocycles. The minimum absolute atomic E-state index is 0.674. The summed E-state index contributed by atoms with van der Waals surface area (Å²) in [6.45, 7) is 0. The third kappa shape index (κ3) is 5.34. The Kier molecular flexibility index (Phi) is 8.13. The van der Waals surface area contributed by atoms with Gasteiger partial charge in [0.2, 0.25) is 0 Å². The van der Waals surface area contributed by atoms with Crippen LogP contribution in [0.1, 0.15) is 22.3 Å². The lowest BCUT2D eigenvalue weighted by atomic mass is 9.62. The molecule has 1 aliphatic carbocycles. The molecule has 0 saturated carbocycles. The molecule has 2 heterocycles. The van der Waals surface area contributed by atoms with Crippen molar-refractivity contribution in [2.45, 2.75) is 5.41 Å². The summed E-state index contributed by atoms with van der Waals surface area (Å²) in [7, 11) is 0. The monoisotopic (exact) mass is 816 g/mol. The molecule has 2 aliphatic rings. The predicted molar refractivity (Wildman–Crippen MR) is 264 cm³/mol. The zero-order chi connectivity index (χ0) is 42.2. The summed E-state index contributed by atoms with van der Waals surface area (Å²) < 4.78 is 9.32. The zero-order valence-electron chi connectivity index (χ0n) is 34.9. The molecule has 0 atom stereocenters. The fourth-order valence-electron chi connectivity index (χ4n) is 10.8. The zero-order valence-corrected chi connectivity index (χ0v) is 34.9. The Morgan fingerprint density at radius 2 is 0.797 bits per heavy atom. The number of hydrogen-bond donors (Lipinski definition) is 0. The molecule has 1 aliphatic heterocycles. The van der Waals surface area contributed by atoms with Gasteiger partial charge in [-0.25, -0.2) is 0 Å². The SMILES string of the molecule is c1ccc(N(c2ccccc2)c2ccc3c(c2)c2cc(-c4ccc5c(c4)C4(c6ccccc6O5)c5ccccc5-c5ccccc5-c5ccccc54)ccc2n3-c2ccccc2)cc1. The van der Waals surface area contributed by atoms with Crippen LogP contribution in [0.15, 0.2) is 243 Å². The van der Waals surface area contributed by atoms with Gasteiger partial charge >= 0.3 is 0 Å². The summed E-state index contributed by atoms with van der Waals surface area (Å²) in [4.78, 5) is 2.34. The topological polar surface area (TPSA) is 17.4 Å². The van der Waals surface area contributed by atoms with E-state index in [1.807, 2.05) is 0 Å². The van der Waals surface area contributed by atoms with Gasteiger partial charge in [-0.15, -0.1) is 0 Å². The highest BCUT2D eigenvalue weighted by molar-refractivity contribution is 6.12. The second-order valence-electron chi connectivity index (χ2n) is 16.8. The maximum Gasteiger partial charge on any atom is 0.132 e. The average molecular weight is 817 g/mol. The van der Waals surface area contributed by atoms with Gasteiger partial charge in [-0.3, -0.25) is 0 Å². The van der Waals surface area contributed by atoms with Gasteiger partial charge in [0.15, 0.2) is 0 Å². The Morgan fingerprint density at radius 3 is 1.44 bits per heavy atom. The van der Waals surface area contributed by atoms with Crippen LogP contribution in [-0.4, -0.2) is 4.57 Å². The lowest BCUT2D eigenvalue weighted by molar-refractivity contribution is 0.435. The highest BCUT2D eigenvalue weighted by Gasteiger charge is 2.49. The van der Waals surface area contributed by atoms with Crippen LogP contribution < -0.4 is 9.64 Å². The van der Waals surface area contributed by atoms with Crippen molar-refractivity contribution >= 4 is 38.9 Å². The van der Waals surface area contributed by atoms with Gasteiger partial charge in [-0.1, -0.05) is 158 Å². The average Bonchev–Trinajstić information content (AvgIpc) is 3.64. The van der Waals surface area contributed by atoms with Gasteiger partial charge in [0.25, 0.3) is 0 Å². The molecule has 11 aromatic rings. The summed E-state index contributed by atoms with van der Waals surface area (Å²) in [6.07, 6.45) is 0. The molecule has 1 spiro atoms. The first-order valence-corrected chi connectivity index (χ1v) is 22.0. The molecule has 13 rings (SSSR count). The first kappa shape index (κ1) is 36.3. The van der Waals surface area contributed by atoms with Crippen LogP contribution in [0.4, 0.5) is 17.1 Å². The van der Waals surface area contributed by atoms with Crippen LogP contribution in [-0.2, 0) is 5.41 Å². The minimum atomic E-state index is -0.674. The van der Waals surface area contributed by atoms with Crippen molar-refractivity contribution in [2.24, 2.45) is 0 Å². The first-order valence-electron chi connectivity index (χ1n) is 22.0. The van der Waals surface area contributed by atoms with Gasteiger partial charge < -0.3 is 14.2 Å². The Balaban J connectivity index is 1.06. The van der Waals surface area contributed by atoms with E-state index in [1.54, 1.807) is 0 Å². The molecular formula is C61H40N2O. The second-order valence-corrected chi connectivity index (χ2v) is 16.8. The van der Waals surface area contributed by atoms with Gasteiger partial charge in [-0.2, -0.15) is 0 Å². The number of ether oxygens (including phenoxy) is 1. The highest BCUT2D eigenvalue weighted by atomic mass is 16.5. The van der Waals surface area contributed by atoms with Gasteiger partial charge in [0.05, 0.1) is 16.4 Å². The molecule has 0 N–H and O–H groups in total. The molecule has 0 bridgehead atoms. The molecule has 0 amide bonds. The summed E-state index contributed by atoms with van der Waals surface area (Å²) in [5.41, 5.74) is 18.1. The largest absolute Gasteiger partial charge is 0.457 e. The van der Waals surface area contributed by atoms with E-state index < -0.39 is 5.41 Å². The minimum Gasteiger partial charge on any atom is -0.457 e. The Morgan fingerprint density at radius 1 is 0.328 bits per heavy atom. The van der Waals surface area contributed by atoms with Gasteiger partial charge in [-0.05, 0) is 129 Å². The van der Waals surface area contributed by atoms with E-state index in [2.05, 4.69) is 252 Å². The van der Waals surface area contributed by atoms with E-state index in [0.29, 0.717) is 0 Å². The molecule has 0 radical (unpaired) electrons. The van der Waals surface area contributed by atoms with Crippen LogP contribution in [0.2, 0.25) is 0 Å². The molecular weight excluding hydrogens is 777 g/mol. The number of nitrogens with zero attached hydrogens (tertiary/aromatic N) is 2. The molecule has 0 fully saturated rings. The lowest BCUT2D eigenvalue weighted by Crippen LogP contribution is -2.34. The molecule has 10 aromatic carbocycles. The summed E-state index contributed by atoms with van der Waals surface area (Å²) in [6, 6.07) is 88.2. The Hall–Kier alpha value is -8.40. The van der Waals surface area contributed by atoms with Crippen molar-refractivity contribution in [2.75, 3.05) is 4.90 Å². The van der Waals surface area contributed by atoms with E-state index in [9.17, 15) is 0 Å². The van der Waals surface area contributed by atoms with Crippen LogP contribution in [0, 0.1) is 0 Å². The number of fused-ring (bicyclic) bond motifs is 14. The second kappa shape index (κ2) is 14.3. The Bertz CT molecular complexity index is 3480. The van der Waals surface area contributed by atoms with Crippen LogP contribution in [0.3, 0.4) is 0 Å². The fraction of sp³-hybridized carbons (Fsp3) is 0.0164. The fourth-order valence-corrected chi connectivity index (χ4v) is 10.8. The van der Waals surface area contributed by atoms with Crippen molar-refractivity contribution in [3.05, 3.63) is 265 Å². The van der Waals surface area contributed by atoms with Crippen molar-refractivity contribution < 1.29 is 4.74 Å². The molecule has 3 nitrogen and oxygen atoms in total. The van der Waals surface area contributed by atoms with E-state index in [0.717, 1.165) is 67.5 Å². The van der Waals surface area contributed by atoms with E-state index in [-0.39, 0.29) is 0 Å². The summed E-state index contributed by atoms with van der Waals surface area (Å²) in [5, 5.41) is 2.38. The van der Waals surface area contributed by atoms with E-state index in [4.69, 9.17) is 4.74 Å². The lowest BCUT2D eigenvalue weighted by Gasteiger charge is -2.42. The predicted octanol–water partition coefficient (Wildman–Crippen LogP) is 16.1. The molecule has 300 valence electrons. The summed E-state index contributed by atoms with van der Waals surface area (Å²) >= 11 is 0. The third-order valence-corrected chi connectivity index (χ3v) is 13.4. The smallest absolute Gasteiger partial charge is 0.132 e. The van der Waals surface area contributed by atoms with Crippen LogP contribution in [0.25, 0.3) is 60.9 Å². The van der Waals surface area contributed by atoms with Crippen molar-refractivity contribution in [1.82, 2.24) is 4.57 Å². The number of para-hydroxylation sites is 4. The van der Waals surface area contributed by atoms with Crippen LogP contribution >= 0.6 is 0 Å². The quantitative estimate of drug-likeness (QED) is 0.172. The maximum atomic E-state index is 6.92. The van der Waals surface area contributed by atoms with Crippen LogP contribution in [0.5, 0.6) is 11.5 Å². The third-order valence-electron chi connectivity index (χ3n) is 13.4. The molecule has 64 heavy (non-hydrogen) atoms. The van der Waals surface area contributed by atoms with Gasteiger partial charge in [0, 0.05) is 44.6 Å². The molecule has 3 heteroatoms. The normalized spacial score (nSPS) is 12.9. The van der Waals surface area contributed by atoms with E-state index in [1.165, 1.54) is 44.2 Å². The number of rotatable bonds is 5. The highest BCUT2D eigenvalue weighted by Crippen LogP contribution is 2.61. The number of anilines is 3. The van der Waals surface area contributed by atoms with Crippen molar-refractivity contribution in [3.63, 3.8) is 0 Å². The summed E-state index contributed by atoms with van der Waals surface area (Å²) in [5.74, 6) is 1.75. The molecule has 0 saturated heterocycles. The van der Waals surface area contributed by atoms with E-state index >= 15 is 0 Å².